The average Bonchev–Trinajstić information content (AvgIpc) is 2.81. The Kier molecular flexibility index (Phi) is 4.06. The summed E-state index contributed by atoms with van der Waals surface area (Å²) in [4.78, 5) is 13.3. The van der Waals surface area contributed by atoms with Crippen LogP contribution in [-0.4, -0.2) is 31.0 Å². The summed E-state index contributed by atoms with van der Waals surface area (Å²) in [6.07, 6.45) is 0. The van der Waals surface area contributed by atoms with E-state index < -0.39 is 0 Å². The number of carbonyl (C=O) groups is 1. The zero-order valence-electron chi connectivity index (χ0n) is 11.2. The third-order valence-electron chi connectivity index (χ3n) is 3.04. The van der Waals surface area contributed by atoms with Crippen LogP contribution >= 0.6 is 0 Å². The Hall–Kier alpha value is -2.01. The number of fused-ring (bicyclic) bond motifs is 1. The molecule has 0 saturated heterocycles. The molecule has 0 saturated carbocycles. The van der Waals surface area contributed by atoms with Crippen LogP contribution in [0, 0.1) is 0 Å². The van der Waals surface area contributed by atoms with Gasteiger partial charge in [0.15, 0.2) is 18.1 Å². The lowest BCUT2D eigenvalue weighted by Crippen LogP contribution is -2.31. The van der Waals surface area contributed by atoms with Gasteiger partial charge >= 0.3 is 0 Å². The molecule has 102 valence electrons. The molecule has 5 heteroatoms. The molecule has 1 aromatic carbocycles. The molecule has 0 spiro atoms. The Morgan fingerprint density at radius 1 is 1.42 bits per heavy atom. The smallest absolute Gasteiger partial charge is 0.260 e. The minimum Gasteiger partial charge on any atom is -0.479 e. The number of carbonyl (C=O) groups excluding carboxylic acids is 1. The summed E-state index contributed by atoms with van der Waals surface area (Å²) < 4.78 is 11.2. The van der Waals surface area contributed by atoms with Crippen molar-refractivity contribution in [1.29, 1.82) is 0 Å². The lowest BCUT2D eigenvalue weighted by molar-refractivity contribution is -0.131. The molecule has 19 heavy (non-hydrogen) atoms. The van der Waals surface area contributed by atoms with Gasteiger partial charge in [-0.15, -0.1) is 0 Å². The number of hydrogen-bond acceptors (Lipinski definition) is 4. The molecule has 2 aromatic rings. The number of nitrogens with two attached hydrogens (primary N) is 1. The highest BCUT2D eigenvalue weighted by Crippen LogP contribution is 2.32. The van der Waals surface area contributed by atoms with Gasteiger partial charge in [0.2, 0.25) is 0 Å². The average molecular weight is 262 g/mol. The van der Waals surface area contributed by atoms with Crippen LogP contribution in [0.15, 0.2) is 28.7 Å². The van der Waals surface area contributed by atoms with Gasteiger partial charge in [-0.3, -0.25) is 4.79 Å². The standard InChI is InChI=1S/C14H18N2O3/c1-3-16(2)13(17)9-18-14-10-6-4-5-7-11(10)19-12(14)8-15/h4-7H,3,8-9,15H2,1-2H3. The summed E-state index contributed by atoms with van der Waals surface area (Å²) in [7, 11) is 1.74. The normalized spacial score (nSPS) is 10.7. The first kappa shape index (κ1) is 13.4. The molecule has 2 N–H and O–H groups in total. The number of benzene rings is 1. The van der Waals surface area contributed by atoms with Crippen molar-refractivity contribution in [1.82, 2.24) is 4.90 Å². The van der Waals surface area contributed by atoms with Gasteiger partial charge in [-0.2, -0.15) is 0 Å². The van der Waals surface area contributed by atoms with E-state index in [4.69, 9.17) is 14.9 Å². The highest BCUT2D eigenvalue weighted by Gasteiger charge is 2.16. The summed E-state index contributed by atoms with van der Waals surface area (Å²) in [6.45, 7) is 2.79. The van der Waals surface area contributed by atoms with E-state index >= 15 is 0 Å². The second kappa shape index (κ2) is 5.75. The summed E-state index contributed by atoms with van der Waals surface area (Å²) in [5, 5.41) is 0.843. The second-order valence-corrected chi connectivity index (χ2v) is 4.25. The summed E-state index contributed by atoms with van der Waals surface area (Å²) in [5.74, 6) is 1.06. The maximum Gasteiger partial charge on any atom is 0.260 e. The number of amides is 1. The molecule has 0 atom stereocenters. The van der Waals surface area contributed by atoms with Crippen LogP contribution in [-0.2, 0) is 11.3 Å². The molecule has 5 nitrogen and oxygen atoms in total. The third-order valence-corrected chi connectivity index (χ3v) is 3.04. The SMILES string of the molecule is CCN(C)C(=O)COc1c(CN)oc2ccccc12. The van der Waals surface area contributed by atoms with Crippen LogP contribution in [0.25, 0.3) is 11.0 Å². The molecule has 0 unspecified atom stereocenters. The number of para-hydroxylation sites is 1. The van der Waals surface area contributed by atoms with Gasteiger partial charge in [0.25, 0.3) is 5.91 Å². The molecule has 0 bridgehead atoms. The predicted octanol–water partition coefficient (Wildman–Crippen LogP) is 1.75. The molecule has 0 aliphatic rings. The monoisotopic (exact) mass is 262 g/mol. The fraction of sp³-hybridized carbons (Fsp3) is 0.357. The topological polar surface area (TPSA) is 68.7 Å². The molecule has 0 fully saturated rings. The summed E-state index contributed by atoms with van der Waals surface area (Å²) in [6, 6.07) is 7.51. The minimum atomic E-state index is -0.0734. The van der Waals surface area contributed by atoms with Crippen LogP contribution < -0.4 is 10.5 Å². The second-order valence-electron chi connectivity index (χ2n) is 4.25. The van der Waals surface area contributed by atoms with E-state index in [1.54, 1.807) is 11.9 Å². The van der Waals surface area contributed by atoms with Gasteiger partial charge in [-0.05, 0) is 19.1 Å². The predicted molar refractivity (Wildman–Crippen MR) is 72.9 cm³/mol. The van der Waals surface area contributed by atoms with Gasteiger partial charge in [-0.25, -0.2) is 0 Å². The number of nitrogens with zero attached hydrogens (tertiary/aromatic N) is 1. The van der Waals surface area contributed by atoms with E-state index in [1.807, 2.05) is 31.2 Å². The van der Waals surface area contributed by atoms with Crippen molar-refractivity contribution in [3.8, 4) is 5.75 Å². The Morgan fingerprint density at radius 3 is 2.84 bits per heavy atom. The van der Waals surface area contributed by atoms with E-state index in [9.17, 15) is 4.79 Å². The zero-order chi connectivity index (χ0) is 13.8. The van der Waals surface area contributed by atoms with E-state index in [2.05, 4.69) is 0 Å². The van der Waals surface area contributed by atoms with Gasteiger partial charge < -0.3 is 19.8 Å². The van der Waals surface area contributed by atoms with E-state index in [1.165, 1.54) is 0 Å². The van der Waals surface area contributed by atoms with Crippen molar-refractivity contribution < 1.29 is 13.9 Å². The maximum atomic E-state index is 11.7. The Morgan fingerprint density at radius 2 is 2.16 bits per heavy atom. The van der Waals surface area contributed by atoms with Crippen molar-refractivity contribution in [3.63, 3.8) is 0 Å². The molecule has 1 amide bonds. The molecule has 1 aromatic heterocycles. The Bertz CT molecular complexity index is 577. The highest BCUT2D eigenvalue weighted by molar-refractivity contribution is 5.86. The number of hydrogen-bond donors (Lipinski definition) is 1. The molecule has 0 aliphatic carbocycles. The largest absolute Gasteiger partial charge is 0.479 e. The number of rotatable bonds is 5. The number of furan rings is 1. The Balaban J connectivity index is 2.22. The summed E-state index contributed by atoms with van der Waals surface area (Å²) >= 11 is 0. The van der Waals surface area contributed by atoms with E-state index in [0.29, 0.717) is 23.6 Å². The first-order chi connectivity index (χ1) is 9.17. The van der Waals surface area contributed by atoms with Crippen LogP contribution in [0.4, 0.5) is 0 Å². The van der Waals surface area contributed by atoms with Crippen molar-refractivity contribution in [2.75, 3.05) is 20.2 Å². The van der Waals surface area contributed by atoms with Crippen molar-refractivity contribution >= 4 is 16.9 Å². The summed E-state index contributed by atoms with van der Waals surface area (Å²) in [5.41, 5.74) is 6.35. The van der Waals surface area contributed by atoms with E-state index in [0.717, 1.165) is 5.39 Å². The lowest BCUT2D eigenvalue weighted by atomic mass is 10.2. The van der Waals surface area contributed by atoms with Crippen LogP contribution in [0.2, 0.25) is 0 Å². The van der Waals surface area contributed by atoms with Gasteiger partial charge in [0, 0.05) is 13.6 Å². The molecule has 2 rings (SSSR count). The van der Waals surface area contributed by atoms with Gasteiger partial charge in [0.1, 0.15) is 5.58 Å². The zero-order valence-corrected chi connectivity index (χ0v) is 11.2. The molecule has 0 radical (unpaired) electrons. The van der Waals surface area contributed by atoms with Crippen molar-refractivity contribution in [3.05, 3.63) is 30.0 Å². The third kappa shape index (κ3) is 2.71. The molecule has 1 heterocycles. The van der Waals surface area contributed by atoms with E-state index in [-0.39, 0.29) is 19.1 Å². The first-order valence-electron chi connectivity index (χ1n) is 6.24. The molecule has 0 aliphatic heterocycles. The lowest BCUT2D eigenvalue weighted by Gasteiger charge is -2.14. The van der Waals surface area contributed by atoms with Crippen LogP contribution in [0.3, 0.4) is 0 Å². The fourth-order valence-electron chi connectivity index (χ4n) is 1.79. The number of likely N-dealkylation sites (N-methyl/N-ethyl adjacent to an activating group) is 1. The molecular weight excluding hydrogens is 244 g/mol. The van der Waals surface area contributed by atoms with Crippen molar-refractivity contribution in [2.45, 2.75) is 13.5 Å². The van der Waals surface area contributed by atoms with Crippen LogP contribution in [0.1, 0.15) is 12.7 Å². The van der Waals surface area contributed by atoms with Crippen molar-refractivity contribution in [2.24, 2.45) is 5.73 Å². The van der Waals surface area contributed by atoms with Gasteiger partial charge in [0.05, 0.1) is 11.9 Å². The first-order valence-corrected chi connectivity index (χ1v) is 6.24. The quantitative estimate of drug-likeness (QED) is 0.891. The van der Waals surface area contributed by atoms with Crippen LogP contribution in [0.5, 0.6) is 5.75 Å². The fourth-order valence-corrected chi connectivity index (χ4v) is 1.79. The highest BCUT2D eigenvalue weighted by atomic mass is 16.5. The minimum absolute atomic E-state index is 0.0130. The molecular formula is C14H18N2O3. The number of ether oxygens (including phenoxy) is 1. The Labute approximate surface area is 111 Å². The maximum absolute atomic E-state index is 11.7. The van der Waals surface area contributed by atoms with Gasteiger partial charge in [-0.1, -0.05) is 12.1 Å².